The van der Waals surface area contributed by atoms with E-state index in [1.54, 1.807) is 23.1 Å². The molecule has 0 spiro atoms. The molecule has 0 radical (unpaired) electrons. The van der Waals surface area contributed by atoms with Gasteiger partial charge in [0.2, 0.25) is 11.8 Å². The Kier molecular flexibility index (Phi) is 8.00. The second-order valence-corrected chi connectivity index (χ2v) is 12.0. The molecule has 3 heterocycles. The molecule has 2 amide bonds. The highest BCUT2D eigenvalue weighted by Gasteiger charge is 2.60. The lowest BCUT2D eigenvalue weighted by molar-refractivity contribution is -0.163. The predicted molar refractivity (Wildman–Crippen MR) is 147 cm³/mol. The summed E-state index contributed by atoms with van der Waals surface area (Å²) in [4.78, 5) is 53.0. The molecule has 2 aromatic carbocycles. The Morgan fingerprint density at radius 1 is 1.22 bits per heavy atom. The maximum atomic E-state index is 14.6. The molecule has 6 atom stereocenters. The van der Waals surface area contributed by atoms with Crippen molar-refractivity contribution in [2.45, 2.75) is 50.3 Å². The number of nitrogens with one attached hydrogen (secondary N) is 1. The maximum Gasteiger partial charge on any atom is 0.353 e. The minimum absolute atomic E-state index is 0.0646. The molecule has 41 heavy (non-hydrogen) atoms. The number of halogens is 2. The van der Waals surface area contributed by atoms with Gasteiger partial charge >= 0.3 is 5.97 Å². The Labute approximate surface area is 239 Å². The minimum Gasteiger partial charge on any atom is -0.477 e. The number of carboxylic acid groups (broad SMARTS) is 1. The van der Waals surface area contributed by atoms with Crippen LogP contribution < -0.4 is 5.32 Å². The highest BCUT2D eigenvalue weighted by Crippen LogP contribution is 2.52. The number of anilines is 1. The quantitative estimate of drug-likeness (QED) is 0.303. The van der Waals surface area contributed by atoms with Gasteiger partial charge in [-0.3, -0.25) is 19.3 Å². The SMILES string of the molecule is C[C@@H](O)[C@H]1C(=O)N2C(C(=O)O)=C(S[C@H]3C[C@@H](C(=O)Nc4cccc(C=O)c4)N(Cc4cc(F)ccc4F)C3)[C@H](C)[C@H]12. The molecule has 0 unspecified atom stereocenters. The fourth-order valence-corrected chi connectivity index (χ4v) is 7.61. The van der Waals surface area contributed by atoms with Crippen molar-refractivity contribution in [1.82, 2.24) is 9.80 Å². The summed E-state index contributed by atoms with van der Waals surface area (Å²) in [5.41, 5.74) is 0.737. The van der Waals surface area contributed by atoms with E-state index in [9.17, 15) is 38.2 Å². The molecule has 2 saturated heterocycles. The van der Waals surface area contributed by atoms with Crippen molar-refractivity contribution in [1.29, 1.82) is 0 Å². The van der Waals surface area contributed by atoms with Crippen molar-refractivity contribution < 1.29 is 38.2 Å². The van der Waals surface area contributed by atoms with Gasteiger partial charge in [0.15, 0.2) is 0 Å². The number of aliphatic hydroxyl groups excluding tert-OH is 1. The molecule has 216 valence electrons. The van der Waals surface area contributed by atoms with Crippen LogP contribution in [-0.4, -0.2) is 74.1 Å². The van der Waals surface area contributed by atoms with Crippen LogP contribution in [0.4, 0.5) is 14.5 Å². The number of thioether (sulfide) groups is 1. The molecule has 0 aromatic heterocycles. The number of carbonyl (C=O) groups is 4. The van der Waals surface area contributed by atoms with Crippen molar-refractivity contribution in [2.24, 2.45) is 11.8 Å². The molecule has 0 bridgehead atoms. The lowest BCUT2D eigenvalue weighted by Gasteiger charge is -2.46. The summed E-state index contributed by atoms with van der Waals surface area (Å²) in [6, 6.07) is 8.24. The lowest BCUT2D eigenvalue weighted by atomic mass is 9.79. The largest absolute Gasteiger partial charge is 0.477 e. The van der Waals surface area contributed by atoms with E-state index in [1.165, 1.54) is 29.7 Å². The zero-order valence-electron chi connectivity index (χ0n) is 22.3. The number of amides is 2. The van der Waals surface area contributed by atoms with E-state index in [0.717, 1.165) is 18.2 Å². The summed E-state index contributed by atoms with van der Waals surface area (Å²) < 4.78 is 28.5. The van der Waals surface area contributed by atoms with Crippen LogP contribution in [0.3, 0.4) is 0 Å². The number of hydrogen-bond donors (Lipinski definition) is 3. The third kappa shape index (κ3) is 5.39. The van der Waals surface area contributed by atoms with E-state index in [2.05, 4.69) is 5.32 Å². The zero-order chi connectivity index (χ0) is 29.6. The molecule has 0 saturated carbocycles. The van der Waals surface area contributed by atoms with Gasteiger partial charge in [0, 0.05) is 46.0 Å². The maximum absolute atomic E-state index is 14.6. The van der Waals surface area contributed by atoms with Gasteiger partial charge in [0.25, 0.3) is 0 Å². The summed E-state index contributed by atoms with van der Waals surface area (Å²) in [7, 11) is 0. The molecule has 3 N–H and O–H groups in total. The topological polar surface area (TPSA) is 127 Å². The Balaban J connectivity index is 1.41. The summed E-state index contributed by atoms with van der Waals surface area (Å²) in [6.07, 6.45) is -0.00856. The molecule has 2 fully saturated rings. The second-order valence-electron chi connectivity index (χ2n) is 10.7. The third-order valence-electron chi connectivity index (χ3n) is 7.94. The number of rotatable bonds is 9. The number of carbonyl (C=O) groups excluding carboxylic acids is 3. The highest BCUT2D eigenvalue weighted by molar-refractivity contribution is 8.03. The number of benzene rings is 2. The van der Waals surface area contributed by atoms with Crippen molar-refractivity contribution in [3.05, 3.63) is 75.8 Å². The van der Waals surface area contributed by atoms with Gasteiger partial charge in [0.1, 0.15) is 23.6 Å². The van der Waals surface area contributed by atoms with E-state index in [-0.39, 0.29) is 41.9 Å². The normalized spacial score (nSPS) is 26.5. The number of aldehydes is 1. The summed E-state index contributed by atoms with van der Waals surface area (Å²) in [6.45, 7) is 3.52. The van der Waals surface area contributed by atoms with Crippen molar-refractivity contribution in [3.63, 3.8) is 0 Å². The van der Waals surface area contributed by atoms with Gasteiger partial charge in [-0.05, 0) is 43.7 Å². The first-order valence-electron chi connectivity index (χ1n) is 13.2. The number of carboxylic acids is 1. The zero-order valence-corrected chi connectivity index (χ0v) is 23.1. The van der Waals surface area contributed by atoms with Gasteiger partial charge < -0.3 is 20.4 Å². The standard InChI is InChI=1S/C29H29F2N3O6S/c1-14-24-23(15(2)36)28(38)34(24)25(29(39)40)26(14)41-20-10-22(27(37)32-19-5-3-4-16(8-19)13-35)33(12-20)11-17-9-18(30)6-7-21(17)31/h3-9,13-15,20,22-24,36H,10-12H2,1-2H3,(H,32,37)(H,39,40)/t14-,15-,20+,22+,23-,24-/m1/s1. The van der Waals surface area contributed by atoms with Crippen LogP contribution in [0.1, 0.15) is 36.2 Å². The summed E-state index contributed by atoms with van der Waals surface area (Å²) in [5.74, 6) is -4.38. The average Bonchev–Trinajstić information content (AvgIpc) is 3.42. The first-order chi connectivity index (χ1) is 19.5. The molecular weight excluding hydrogens is 556 g/mol. The van der Waals surface area contributed by atoms with Gasteiger partial charge in [-0.1, -0.05) is 19.1 Å². The smallest absolute Gasteiger partial charge is 0.353 e. The van der Waals surface area contributed by atoms with Crippen LogP contribution in [0.2, 0.25) is 0 Å². The molecule has 3 aliphatic rings. The van der Waals surface area contributed by atoms with E-state index < -0.39 is 53.5 Å². The Hall–Kier alpha value is -3.61. The number of aliphatic carboxylic acids is 1. The van der Waals surface area contributed by atoms with Crippen molar-refractivity contribution >= 4 is 41.5 Å². The van der Waals surface area contributed by atoms with Gasteiger partial charge in [0.05, 0.1) is 24.1 Å². The van der Waals surface area contributed by atoms with Crippen LogP contribution in [0, 0.1) is 23.5 Å². The number of fused-ring (bicyclic) bond motifs is 1. The Morgan fingerprint density at radius 3 is 2.66 bits per heavy atom. The van der Waals surface area contributed by atoms with Crippen LogP contribution in [0.15, 0.2) is 53.1 Å². The molecule has 2 aromatic rings. The molecular formula is C29H29F2N3O6S. The number of β-lactam (4-membered cyclic amide) rings is 1. The van der Waals surface area contributed by atoms with Crippen molar-refractivity contribution in [2.75, 3.05) is 11.9 Å². The fourth-order valence-electron chi connectivity index (χ4n) is 6.05. The van der Waals surface area contributed by atoms with E-state index >= 15 is 0 Å². The monoisotopic (exact) mass is 585 g/mol. The van der Waals surface area contributed by atoms with E-state index in [4.69, 9.17) is 0 Å². The Bertz CT molecular complexity index is 1450. The minimum atomic E-state index is -1.25. The number of hydrogen-bond acceptors (Lipinski definition) is 7. The highest BCUT2D eigenvalue weighted by atomic mass is 32.2. The number of aliphatic hydroxyl groups is 1. The molecule has 3 aliphatic heterocycles. The predicted octanol–water partition coefficient (Wildman–Crippen LogP) is 3.25. The molecule has 9 nitrogen and oxygen atoms in total. The molecule has 0 aliphatic carbocycles. The Morgan fingerprint density at radius 2 is 1.98 bits per heavy atom. The number of likely N-dealkylation sites (tertiary alicyclic amines) is 1. The van der Waals surface area contributed by atoms with Crippen molar-refractivity contribution in [3.8, 4) is 0 Å². The first kappa shape index (κ1) is 28.9. The van der Waals surface area contributed by atoms with Gasteiger partial charge in [-0.2, -0.15) is 0 Å². The number of nitrogens with zero attached hydrogens (tertiary/aromatic N) is 2. The third-order valence-corrected chi connectivity index (χ3v) is 9.44. The van der Waals surface area contributed by atoms with E-state index in [1.807, 2.05) is 6.92 Å². The first-order valence-corrected chi connectivity index (χ1v) is 14.1. The van der Waals surface area contributed by atoms with Gasteiger partial charge in [-0.25, -0.2) is 13.6 Å². The van der Waals surface area contributed by atoms with Crippen LogP contribution in [-0.2, 0) is 20.9 Å². The van der Waals surface area contributed by atoms with E-state index in [0.29, 0.717) is 22.4 Å². The van der Waals surface area contributed by atoms with Crippen LogP contribution in [0.25, 0.3) is 0 Å². The second kappa shape index (κ2) is 11.3. The fraction of sp³-hybridized carbons (Fsp3) is 0.379. The summed E-state index contributed by atoms with van der Waals surface area (Å²) in [5, 5.41) is 22.6. The van der Waals surface area contributed by atoms with Crippen LogP contribution >= 0.6 is 11.8 Å². The average molecular weight is 586 g/mol. The molecule has 12 heteroatoms. The summed E-state index contributed by atoms with van der Waals surface area (Å²) >= 11 is 1.27. The van der Waals surface area contributed by atoms with Gasteiger partial charge in [-0.15, -0.1) is 11.8 Å². The van der Waals surface area contributed by atoms with Crippen LogP contribution in [0.5, 0.6) is 0 Å². The molecule has 5 rings (SSSR count). The lowest BCUT2D eigenvalue weighted by Crippen LogP contribution is -2.63.